The number of rotatable bonds is 5. The number of carbonyl (C=O) groups is 2. The molecule has 1 aromatic carbocycles. The van der Waals surface area contributed by atoms with Crippen LogP contribution in [0.5, 0.6) is 0 Å². The van der Waals surface area contributed by atoms with Crippen molar-refractivity contribution >= 4 is 34.8 Å². The van der Waals surface area contributed by atoms with Gasteiger partial charge in [0.25, 0.3) is 0 Å². The number of nitrogens with one attached hydrogen (secondary N) is 2. The van der Waals surface area contributed by atoms with Crippen LogP contribution in [0.25, 0.3) is 0 Å². The molecule has 2 saturated carbocycles. The zero-order chi connectivity index (χ0) is 18.8. The molecule has 146 valence electrons. The van der Waals surface area contributed by atoms with Crippen molar-refractivity contribution in [1.29, 1.82) is 0 Å². The summed E-state index contributed by atoms with van der Waals surface area (Å²) in [5.41, 5.74) is 1.54. The summed E-state index contributed by atoms with van der Waals surface area (Å²) in [6, 6.07) is 5.45. The Morgan fingerprint density at radius 1 is 1.11 bits per heavy atom. The Kier molecular flexibility index (Phi) is 5.58. The monoisotopic (exact) mass is 389 g/mol. The van der Waals surface area contributed by atoms with E-state index in [1.807, 2.05) is 12.1 Å². The Hall–Kier alpha value is -1.75. The molecule has 5 nitrogen and oxygen atoms in total. The van der Waals surface area contributed by atoms with E-state index in [9.17, 15) is 9.59 Å². The van der Waals surface area contributed by atoms with Crippen LogP contribution < -0.4 is 15.5 Å². The fourth-order valence-corrected chi connectivity index (χ4v) is 5.37. The van der Waals surface area contributed by atoms with Gasteiger partial charge in [0, 0.05) is 24.7 Å². The highest BCUT2D eigenvalue weighted by molar-refractivity contribution is 6.40. The smallest absolute Gasteiger partial charge is 0.313 e. The average Bonchev–Trinajstić information content (AvgIpc) is 3.40. The van der Waals surface area contributed by atoms with Crippen LogP contribution in [0.1, 0.15) is 44.9 Å². The summed E-state index contributed by atoms with van der Waals surface area (Å²) in [5.74, 6) is 1.29. The van der Waals surface area contributed by atoms with E-state index in [-0.39, 0.29) is 0 Å². The normalized spacial score (nSPS) is 26.4. The second-order valence-electron chi connectivity index (χ2n) is 8.29. The quantitative estimate of drug-likeness (QED) is 0.752. The lowest BCUT2D eigenvalue weighted by atomic mass is 9.86. The fourth-order valence-electron chi connectivity index (χ4n) is 5.20. The maximum Gasteiger partial charge on any atom is 0.313 e. The SMILES string of the molecule is O=C(NCC[C@H]1C[C@H]2CC[C@H]1C2)C(=O)Nc1cc(Cl)ccc1N1CCCC1. The maximum atomic E-state index is 12.4. The van der Waals surface area contributed by atoms with Crippen molar-refractivity contribution in [3.8, 4) is 0 Å². The topological polar surface area (TPSA) is 61.4 Å². The number of anilines is 2. The molecule has 27 heavy (non-hydrogen) atoms. The van der Waals surface area contributed by atoms with Gasteiger partial charge in [0.05, 0.1) is 11.4 Å². The molecule has 6 heteroatoms. The van der Waals surface area contributed by atoms with E-state index in [2.05, 4.69) is 15.5 Å². The molecule has 0 spiro atoms. The molecule has 2 bridgehead atoms. The van der Waals surface area contributed by atoms with Crippen LogP contribution in [-0.4, -0.2) is 31.4 Å². The van der Waals surface area contributed by atoms with E-state index >= 15 is 0 Å². The van der Waals surface area contributed by atoms with Crippen LogP contribution in [0.4, 0.5) is 11.4 Å². The summed E-state index contributed by atoms with van der Waals surface area (Å²) >= 11 is 6.10. The molecule has 0 radical (unpaired) electrons. The molecular formula is C21H28ClN3O2. The van der Waals surface area contributed by atoms with Crippen molar-refractivity contribution in [1.82, 2.24) is 5.32 Å². The van der Waals surface area contributed by atoms with Gasteiger partial charge < -0.3 is 15.5 Å². The van der Waals surface area contributed by atoms with E-state index in [0.29, 0.717) is 17.3 Å². The predicted molar refractivity (Wildman–Crippen MR) is 108 cm³/mol. The van der Waals surface area contributed by atoms with Crippen LogP contribution >= 0.6 is 11.6 Å². The number of nitrogens with zero attached hydrogens (tertiary/aromatic N) is 1. The van der Waals surface area contributed by atoms with Gasteiger partial charge in [-0.1, -0.05) is 18.0 Å². The molecule has 2 N–H and O–H groups in total. The third-order valence-corrected chi connectivity index (χ3v) is 6.78. The summed E-state index contributed by atoms with van der Waals surface area (Å²) < 4.78 is 0. The van der Waals surface area contributed by atoms with Crippen molar-refractivity contribution in [3.63, 3.8) is 0 Å². The van der Waals surface area contributed by atoms with Gasteiger partial charge in [-0.15, -0.1) is 0 Å². The number of carbonyl (C=O) groups excluding carboxylic acids is 2. The number of benzene rings is 1. The number of hydrogen-bond acceptors (Lipinski definition) is 3. The van der Waals surface area contributed by atoms with Gasteiger partial charge in [0.1, 0.15) is 0 Å². The number of hydrogen-bond donors (Lipinski definition) is 2. The fraction of sp³-hybridized carbons (Fsp3) is 0.619. The van der Waals surface area contributed by atoms with E-state index in [1.54, 1.807) is 6.07 Å². The molecule has 0 aromatic heterocycles. The molecule has 4 rings (SSSR count). The van der Waals surface area contributed by atoms with Crippen LogP contribution in [0.3, 0.4) is 0 Å². The second kappa shape index (κ2) is 8.09. The third-order valence-electron chi connectivity index (χ3n) is 6.55. The van der Waals surface area contributed by atoms with Crippen molar-refractivity contribution in [2.75, 3.05) is 29.9 Å². The molecule has 3 atom stereocenters. The van der Waals surface area contributed by atoms with Crippen LogP contribution in [0.15, 0.2) is 18.2 Å². The molecule has 3 fully saturated rings. The molecule has 1 aromatic rings. The Morgan fingerprint density at radius 2 is 1.93 bits per heavy atom. The lowest BCUT2D eigenvalue weighted by molar-refractivity contribution is -0.136. The highest BCUT2D eigenvalue weighted by atomic mass is 35.5. The first kappa shape index (κ1) is 18.6. The van der Waals surface area contributed by atoms with Crippen LogP contribution in [0.2, 0.25) is 5.02 Å². The lowest BCUT2D eigenvalue weighted by Crippen LogP contribution is -2.37. The summed E-state index contributed by atoms with van der Waals surface area (Å²) in [4.78, 5) is 26.8. The first-order chi connectivity index (χ1) is 13.1. The van der Waals surface area contributed by atoms with Gasteiger partial charge in [0.2, 0.25) is 0 Å². The summed E-state index contributed by atoms with van der Waals surface area (Å²) in [5, 5.41) is 6.10. The molecular weight excluding hydrogens is 362 g/mol. The van der Waals surface area contributed by atoms with Gasteiger partial charge >= 0.3 is 11.8 Å². The summed E-state index contributed by atoms with van der Waals surface area (Å²) in [7, 11) is 0. The van der Waals surface area contributed by atoms with Crippen LogP contribution in [0, 0.1) is 17.8 Å². The summed E-state index contributed by atoms with van der Waals surface area (Å²) in [6.07, 6.45) is 8.66. The van der Waals surface area contributed by atoms with Gasteiger partial charge in [-0.05, 0) is 74.5 Å². The largest absolute Gasteiger partial charge is 0.370 e. The van der Waals surface area contributed by atoms with Crippen LogP contribution in [-0.2, 0) is 9.59 Å². The first-order valence-electron chi connectivity index (χ1n) is 10.2. The minimum absolute atomic E-state index is 0.546. The van der Waals surface area contributed by atoms with E-state index in [1.165, 1.54) is 25.7 Å². The highest BCUT2D eigenvalue weighted by Crippen LogP contribution is 2.49. The van der Waals surface area contributed by atoms with Crippen molar-refractivity contribution in [2.45, 2.75) is 44.9 Å². The highest BCUT2D eigenvalue weighted by Gasteiger charge is 2.38. The van der Waals surface area contributed by atoms with Gasteiger partial charge in [0.15, 0.2) is 0 Å². The average molecular weight is 390 g/mol. The third kappa shape index (κ3) is 4.23. The molecule has 1 aliphatic heterocycles. The predicted octanol–water partition coefficient (Wildman–Crippen LogP) is 3.82. The Balaban J connectivity index is 1.30. The molecule has 2 aliphatic carbocycles. The number of halogens is 1. The Bertz CT molecular complexity index is 717. The standard InChI is InChI=1S/C21H28ClN3O2/c22-17-5-6-19(25-9-1-2-10-25)18(13-17)24-21(27)20(26)23-8-7-16-12-14-3-4-15(16)11-14/h5-6,13-16H,1-4,7-12H2,(H,23,26)(H,24,27)/t14-,15-,16-/m0/s1. The molecule has 1 saturated heterocycles. The minimum Gasteiger partial charge on any atom is -0.370 e. The minimum atomic E-state index is -0.620. The lowest BCUT2D eigenvalue weighted by Gasteiger charge is -2.22. The van der Waals surface area contributed by atoms with E-state index in [0.717, 1.165) is 55.8 Å². The molecule has 0 unspecified atom stereocenters. The van der Waals surface area contributed by atoms with Crippen molar-refractivity contribution in [3.05, 3.63) is 23.2 Å². The van der Waals surface area contributed by atoms with E-state index in [4.69, 9.17) is 11.6 Å². The maximum absolute atomic E-state index is 12.4. The van der Waals surface area contributed by atoms with Crippen molar-refractivity contribution in [2.24, 2.45) is 17.8 Å². The summed E-state index contributed by atoms with van der Waals surface area (Å²) in [6.45, 7) is 2.50. The number of amides is 2. The first-order valence-corrected chi connectivity index (χ1v) is 10.6. The molecule has 3 aliphatic rings. The Labute approximate surface area is 165 Å². The zero-order valence-electron chi connectivity index (χ0n) is 15.7. The zero-order valence-corrected chi connectivity index (χ0v) is 16.4. The van der Waals surface area contributed by atoms with Gasteiger partial charge in [-0.2, -0.15) is 0 Å². The van der Waals surface area contributed by atoms with Gasteiger partial charge in [-0.3, -0.25) is 9.59 Å². The Morgan fingerprint density at radius 3 is 2.63 bits per heavy atom. The second-order valence-corrected chi connectivity index (χ2v) is 8.73. The van der Waals surface area contributed by atoms with E-state index < -0.39 is 11.8 Å². The molecule has 2 amide bonds. The molecule has 1 heterocycles. The van der Waals surface area contributed by atoms with Crippen molar-refractivity contribution < 1.29 is 9.59 Å². The van der Waals surface area contributed by atoms with Gasteiger partial charge in [-0.25, -0.2) is 0 Å². The number of fused-ring (bicyclic) bond motifs is 2.